The van der Waals surface area contributed by atoms with Crippen molar-refractivity contribution in [1.29, 1.82) is 0 Å². The molecular weight excluding hydrogens is 380 g/mol. The summed E-state index contributed by atoms with van der Waals surface area (Å²) in [6.07, 6.45) is 8.19. The Morgan fingerprint density at radius 3 is 2.00 bits per heavy atom. The molecule has 0 aliphatic heterocycles. The van der Waals surface area contributed by atoms with Crippen molar-refractivity contribution < 1.29 is 4.79 Å². The average molecular weight is 421 g/mol. The van der Waals surface area contributed by atoms with E-state index in [0.29, 0.717) is 24.4 Å². The fourth-order valence-electron chi connectivity index (χ4n) is 5.00. The van der Waals surface area contributed by atoms with Crippen LogP contribution in [0.15, 0.2) is 60.7 Å². The highest BCUT2D eigenvalue weighted by molar-refractivity contribution is 5.81. The van der Waals surface area contributed by atoms with Crippen molar-refractivity contribution >= 4 is 5.91 Å². The molecule has 2 aromatic carbocycles. The van der Waals surface area contributed by atoms with Crippen LogP contribution in [0, 0.1) is 5.92 Å². The van der Waals surface area contributed by atoms with Gasteiger partial charge in [-0.05, 0) is 49.8 Å². The van der Waals surface area contributed by atoms with Gasteiger partial charge in [0.15, 0.2) is 0 Å². The fraction of sp³-hybridized carbons (Fsp3) is 0.536. The summed E-state index contributed by atoms with van der Waals surface area (Å²) in [5, 5.41) is 3.30. The molecular formula is C28H40N2O. The number of nitrogens with one attached hydrogen (secondary N) is 1. The lowest BCUT2D eigenvalue weighted by Gasteiger charge is -2.37. The molecule has 3 nitrogen and oxygen atoms in total. The fourth-order valence-corrected chi connectivity index (χ4v) is 5.00. The van der Waals surface area contributed by atoms with Gasteiger partial charge in [0.1, 0.15) is 0 Å². The summed E-state index contributed by atoms with van der Waals surface area (Å²) in [5.41, 5.74) is 2.61. The number of nitrogens with zero attached hydrogens (tertiary/aromatic N) is 1. The number of hydrogen-bond donors (Lipinski definition) is 1. The van der Waals surface area contributed by atoms with Crippen molar-refractivity contribution in [3.05, 3.63) is 71.8 Å². The van der Waals surface area contributed by atoms with Crippen molar-refractivity contribution in [3.8, 4) is 0 Å². The van der Waals surface area contributed by atoms with Crippen LogP contribution in [0.5, 0.6) is 0 Å². The maximum atomic E-state index is 13.3. The van der Waals surface area contributed by atoms with Crippen LogP contribution in [0.2, 0.25) is 0 Å². The van der Waals surface area contributed by atoms with Crippen molar-refractivity contribution in [2.24, 2.45) is 5.92 Å². The van der Waals surface area contributed by atoms with Crippen molar-refractivity contribution in [3.63, 3.8) is 0 Å². The van der Waals surface area contributed by atoms with Gasteiger partial charge >= 0.3 is 0 Å². The van der Waals surface area contributed by atoms with Crippen molar-refractivity contribution in [2.75, 3.05) is 13.6 Å². The Morgan fingerprint density at radius 2 is 1.48 bits per heavy atom. The summed E-state index contributed by atoms with van der Waals surface area (Å²) in [5.74, 6) is 0.993. The summed E-state index contributed by atoms with van der Waals surface area (Å²) in [6.45, 7) is 5.13. The third kappa shape index (κ3) is 6.93. The Kier molecular flexibility index (Phi) is 9.14. The number of carbonyl (C=O) groups is 1. The summed E-state index contributed by atoms with van der Waals surface area (Å²) >= 11 is 0. The van der Waals surface area contributed by atoms with Crippen LogP contribution in [0.1, 0.15) is 75.8 Å². The molecule has 2 aromatic rings. The molecule has 3 rings (SSSR count). The highest BCUT2D eigenvalue weighted by Crippen LogP contribution is 2.28. The van der Waals surface area contributed by atoms with Gasteiger partial charge in [-0.1, -0.05) is 93.8 Å². The lowest BCUT2D eigenvalue weighted by Crippen LogP contribution is -2.50. The van der Waals surface area contributed by atoms with Gasteiger partial charge in [0.05, 0.1) is 6.04 Å². The first-order chi connectivity index (χ1) is 15.1. The zero-order valence-electron chi connectivity index (χ0n) is 19.6. The van der Waals surface area contributed by atoms with Crippen LogP contribution < -0.4 is 5.32 Å². The lowest BCUT2D eigenvalue weighted by atomic mass is 9.88. The number of benzene rings is 2. The zero-order valence-corrected chi connectivity index (χ0v) is 19.6. The number of likely N-dealkylation sites (N-methyl/N-ethyl adjacent to an activating group) is 1. The molecule has 168 valence electrons. The van der Waals surface area contributed by atoms with Gasteiger partial charge in [0.2, 0.25) is 5.91 Å². The highest BCUT2D eigenvalue weighted by atomic mass is 16.2. The molecule has 1 unspecified atom stereocenters. The van der Waals surface area contributed by atoms with E-state index in [0.717, 1.165) is 12.8 Å². The molecule has 1 atom stereocenters. The molecule has 0 aromatic heterocycles. The molecule has 1 amide bonds. The van der Waals surface area contributed by atoms with Crippen LogP contribution in [0.25, 0.3) is 0 Å². The van der Waals surface area contributed by atoms with Crippen LogP contribution in [0.3, 0.4) is 0 Å². The Balaban J connectivity index is 1.64. The second-order valence-electron chi connectivity index (χ2n) is 9.56. The summed E-state index contributed by atoms with van der Waals surface area (Å²) in [7, 11) is 2.17. The van der Waals surface area contributed by atoms with E-state index in [1.54, 1.807) is 0 Å². The van der Waals surface area contributed by atoms with Crippen molar-refractivity contribution in [2.45, 2.75) is 76.8 Å². The number of carbonyl (C=O) groups excluding carboxylic acids is 1. The van der Waals surface area contributed by atoms with E-state index in [4.69, 9.17) is 0 Å². The predicted molar refractivity (Wildman–Crippen MR) is 130 cm³/mol. The Bertz CT molecular complexity index is 729. The van der Waals surface area contributed by atoms with Gasteiger partial charge < -0.3 is 5.32 Å². The van der Waals surface area contributed by atoms with E-state index in [1.807, 2.05) is 0 Å². The molecule has 1 saturated carbocycles. The van der Waals surface area contributed by atoms with Gasteiger partial charge in [-0.3, -0.25) is 9.69 Å². The highest BCUT2D eigenvalue weighted by Gasteiger charge is 2.30. The second-order valence-corrected chi connectivity index (χ2v) is 9.56. The maximum absolute atomic E-state index is 13.3. The first kappa shape index (κ1) is 23.5. The van der Waals surface area contributed by atoms with Crippen LogP contribution >= 0.6 is 0 Å². The van der Waals surface area contributed by atoms with Crippen LogP contribution in [-0.4, -0.2) is 36.5 Å². The molecule has 0 heterocycles. The van der Waals surface area contributed by atoms with Gasteiger partial charge in [-0.15, -0.1) is 0 Å². The average Bonchev–Trinajstić information content (AvgIpc) is 2.81. The number of amides is 1. The molecule has 1 aliphatic carbocycles. The van der Waals surface area contributed by atoms with Gasteiger partial charge in [-0.2, -0.15) is 0 Å². The van der Waals surface area contributed by atoms with E-state index in [1.165, 1.54) is 43.2 Å². The van der Waals surface area contributed by atoms with E-state index in [9.17, 15) is 4.79 Å². The molecule has 31 heavy (non-hydrogen) atoms. The number of hydrogen-bond acceptors (Lipinski definition) is 2. The van der Waals surface area contributed by atoms with E-state index < -0.39 is 0 Å². The van der Waals surface area contributed by atoms with Gasteiger partial charge in [-0.25, -0.2) is 0 Å². The summed E-state index contributed by atoms with van der Waals surface area (Å²) in [4.78, 5) is 15.6. The van der Waals surface area contributed by atoms with E-state index in [2.05, 4.69) is 91.8 Å². The molecule has 1 N–H and O–H groups in total. The van der Waals surface area contributed by atoms with E-state index >= 15 is 0 Å². The smallest absolute Gasteiger partial charge is 0.237 e. The normalized spacial score (nSPS) is 16.1. The Hall–Kier alpha value is -2.13. The minimum absolute atomic E-state index is 0.0324. The third-order valence-electron chi connectivity index (χ3n) is 6.78. The maximum Gasteiger partial charge on any atom is 0.237 e. The molecule has 3 heteroatoms. The topological polar surface area (TPSA) is 32.3 Å². The van der Waals surface area contributed by atoms with Gasteiger partial charge in [0, 0.05) is 18.5 Å². The molecule has 1 fully saturated rings. The predicted octanol–water partition coefficient (Wildman–Crippen LogP) is 6.00. The first-order valence-corrected chi connectivity index (χ1v) is 12.2. The Labute approximate surface area is 189 Å². The van der Waals surface area contributed by atoms with Gasteiger partial charge in [0.25, 0.3) is 0 Å². The molecule has 0 bridgehead atoms. The minimum atomic E-state index is -0.0324. The molecule has 0 spiro atoms. The summed E-state index contributed by atoms with van der Waals surface area (Å²) in [6, 6.07) is 21.8. The van der Waals surface area contributed by atoms with Crippen molar-refractivity contribution in [1.82, 2.24) is 10.2 Å². The van der Waals surface area contributed by atoms with E-state index in [-0.39, 0.29) is 11.9 Å². The standard InChI is InChI=1S/C28H40N2O/c1-22(2)21-27(30(3)25-17-11-6-12-18-25)28(31)29-20-19-26(23-13-7-4-8-14-23)24-15-9-5-10-16-24/h4-5,7-10,13-16,22,25-27H,6,11-12,17-21H2,1-3H3,(H,29,31). The monoisotopic (exact) mass is 420 g/mol. The minimum Gasteiger partial charge on any atom is -0.355 e. The SMILES string of the molecule is CC(C)CC(C(=O)NCCC(c1ccccc1)c1ccccc1)N(C)C1CCCCC1. The largest absolute Gasteiger partial charge is 0.355 e. The first-order valence-electron chi connectivity index (χ1n) is 12.2. The third-order valence-corrected chi connectivity index (χ3v) is 6.78. The second kappa shape index (κ2) is 12.0. The Morgan fingerprint density at radius 1 is 0.935 bits per heavy atom. The molecule has 0 saturated heterocycles. The lowest BCUT2D eigenvalue weighted by molar-refractivity contribution is -0.127. The van der Waals surface area contributed by atoms with Crippen LogP contribution in [-0.2, 0) is 4.79 Å². The number of rotatable bonds is 10. The molecule has 1 aliphatic rings. The quantitative estimate of drug-likeness (QED) is 0.511. The summed E-state index contributed by atoms with van der Waals surface area (Å²) < 4.78 is 0. The molecule has 0 radical (unpaired) electrons. The zero-order chi connectivity index (χ0) is 22.1. The van der Waals surface area contributed by atoms with Crippen LogP contribution in [0.4, 0.5) is 0 Å².